The van der Waals surface area contributed by atoms with Crippen molar-refractivity contribution in [1.82, 2.24) is 0 Å². The molecule has 0 atom stereocenters. The van der Waals surface area contributed by atoms with Crippen LogP contribution in [0.25, 0.3) is 43.1 Å². The van der Waals surface area contributed by atoms with Gasteiger partial charge in [0, 0.05) is 26.9 Å². The smallest absolute Gasteiger partial charge is 0.0791 e. The summed E-state index contributed by atoms with van der Waals surface area (Å²) in [6.45, 7) is 0. The van der Waals surface area contributed by atoms with Gasteiger partial charge in [-0.05, 0) is 22.2 Å². The van der Waals surface area contributed by atoms with Crippen molar-refractivity contribution < 1.29 is 0 Å². The second-order valence-electron chi connectivity index (χ2n) is 6.33. The standard InChI is InChI=1S/C20H4Cl8/c21-7-4-5-2-1-3-6-8(5)11(14(7)22)12-10-9(6)15(23)19(27)17(25)13(10)18(26)20(28)16(12)24/h1-4H. The fourth-order valence-corrected chi connectivity index (χ4v) is 5.99. The van der Waals surface area contributed by atoms with Crippen molar-refractivity contribution in [2.24, 2.45) is 0 Å². The lowest BCUT2D eigenvalue weighted by molar-refractivity contribution is 1.77. The lowest BCUT2D eigenvalue weighted by atomic mass is 9.89. The van der Waals surface area contributed by atoms with Crippen molar-refractivity contribution in [3.63, 3.8) is 0 Å². The van der Waals surface area contributed by atoms with Gasteiger partial charge in [-0.25, -0.2) is 0 Å². The Labute approximate surface area is 199 Å². The normalized spacial score (nSPS) is 12.3. The molecule has 0 radical (unpaired) electrons. The molecule has 8 heteroatoms. The Morgan fingerprint density at radius 1 is 0.429 bits per heavy atom. The molecule has 0 N–H and O–H groups in total. The summed E-state index contributed by atoms with van der Waals surface area (Å²) >= 11 is 52.3. The van der Waals surface area contributed by atoms with Gasteiger partial charge in [0.15, 0.2) is 0 Å². The molecule has 0 nitrogen and oxygen atoms in total. The van der Waals surface area contributed by atoms with E-state index in [9.17, 15) is 0 Å². The summed E-state index contributed by atoms with van der Waals surface area (Å²) < 4.78 is 0. The summed E-state index contributed by atoms with van der Waals surface area (Å²) in [6, 6.07) is 7.57. The van der Waals surface area contributed by atoms with Crippen LogP contribution in [0.2, 0.25) is 40.2 Å². The van der Waals surface area contributed by atoms with Crippen LogP contribution >= 0.6 is 92.8 Å². The molecule has 0 saturated heterocycles. The van der Waals surface area contributed by atoms with E-state index >= 15 is 0 Å². The average Bonchev–Trinajstić information content (AvgIpc) is 2.67. The number of hydrogen-bond donors (Lipinski definition) is 0. The molecule has 5 rings (SSSR count). The zero-order valence-corrected chi connectivity index (χ0v) is 19.4. The predicted octanol–water partition coefficient (Wildman–Crippen LogP) is 11.0. The van der Waals surface area contributed by atoms with Crippen LogP contribution in [0.5, 0.6) is 0 Å². The highest BCUT2D eigenvalue weighted by Crippen LogP contribution is 2.55. The molecule has 0 aliphatic heterocycles. The first kappa shape index (κ1) is 19.7. The first-order valence-corrected chi connectivity index (χ1v) is 10.9. The van der Waals surface area contributed by atoms with E-state index < -0.39 is 0 Å². The van der Waals surface area contributed by atoms with E-state index in [1.54, 1.807) is 6.07 Å². The van der Waals surface area contributed by atoms with Crippen LogP contribution in [0, 0.1) is 0 Å². The third-order valence-electron chi connectivity index (χ3n) is 4.98. The Balaban J connectivity index is 2.38. The Bertz CT molecular complexity index is 1480. The van der Waals surface area contributed by atoms with Gasteiger partial charge in [-0.1, -0.05) is 111 Å². The molecule has 0 fully saturated rings. The van der Waals surface area contributed by atoms with Crippen LogP contribution in [0.1, 0.15) is 0 Å². The van der Waals surface area contributed by atoms with Gasteiger partial charge in [-0.2, -0.15) is 0 Å². The third-order valence-corrected chi connectivity index (χ3v) is 8.42. The maximum Gasteiger partial charge on any atom is 0.0791 e. The monoisotopic (exact) mass is 524 g/mol. The largest absolute Gasteiger partial charge is 0.0827 e. The lowest BCUT2D eigenvalue weighted by Crippen LogP contribution is -1.93. The van der Waals surface area contributed by atoms with E-state index in [1.807, 2.05) is 18.2 Å². The van der Waals surface area contributed by atoms with Gasteiger partial charge < -0.3 is 0 Å². The number of benzene rings is 5. The third kappa shape index (κ3) is 2.35. The first-order valence-electron chi connectivity index (χ1n) is 7.83. The molecule has 0 aliphatic carbocycles. The topological polar surface area (TPSA) is 0 Å². The minimum absolute atomic E-state index is 0.153. The van der Waals surface area contributed by atoms with Crippen LogP contribution in [0.3, 0.4) is 0 Å². The van der Waals surface area contributed by atoms with Gasteiger partial charge in [0.05, 0.1) is 40.2 Å². The maximum absolute atomic E-state index is 6.67. The highest BCUT2D eigenvalue weighted by molar-refractivity contribution is 6.62. The van der Waals surface area contributed by atoms with E-state index in [4.69, 9.17) is 92.8 Å². The molecule has 0 aliphatic rings. The first-order chi connectivity index (χ1) is 13.3. The Hall–Kier alpha value is -0.280. The quantitative estimate of drug-likeness (QED) is 0.107. The van der Waals surface area contributed by atoms with Crippen molar-refractivity contribution in [2.75, 3.05) is 0 Å². The molecule has 0 bridgehead atoms. The fourth-order valence-electron chi connectivity index (χ4n) is 3.87. The Kier molecular flexibility index (Phi) is 4.64. The van der Waals surface area contributed by atoms with Gasteiger partial charge in [0.2, 0.25) is 0 Å². The van der Waals surface area contributed by atoms with Crippen molar-refractivity contribution in [2.45, 2.75) is 0 Å². The van der Waals surface area contributed by atoms with E-state index in [0.29, 0.717) is 42.0 Å². The number of hydrogen-bond acceptors (Lipinski definition) is 0. The predicted molar refractivity (Wildman–Crippen MR) is 128 cm³/mol. The number of halogens is 8. The maximum atomic E-state index is 6.67. The zero-order chi connectivity index (χ0) is 20.1. The summed E-state index contributed by atoms with van der Waals surface area (Å²) in [6.07, 6.45) is 0. The van der Waals surface area contributed by atoms with Crippen LogP contribution in [0.4, 0.5) is 0 Å². The van der Waals surface area contributed by atoms with E-state index in [0.717, 1.165) is 16.2 Å². The molecule has 0 spiro atoms. The molecule has 140 valence electrons. The van der Waals surface area contributed by atoms with Crippen molar-refractivity contribution in [3.05, 3.63) is 64.4 Å². The van der Waals surface area contributed by atoms with E-state index in [-0.39, 0.29) is 25.1 Å². The Morgan fingerprint density at radius 2 is 0.964 bits per heavy atom. The van der Waals surface area contributed by atoms with Crippen molar-refractivity contribution >= 4 is 136 Å². The molecular formula is C20H4Cl8. The summed E-state index contributed by atoms with van der Waals surface area (Å²) in [5.41, 5.74) is 0. The minimum Gasteiger partial charge on any atom is -0.0827 e. The minimum atomic E-state index is 0.153. The molecule has 0 aromatic heterocycles. The molecule has 5 aromatic carbocycles. The second-order valence-corrected chi connectivity index (χ2v) is 9.39. The fraction of sp³-hybridized carbons (Fsp3) is 0. The van der Waals surface area contributed by atoms with Crippen molar-refractivity contribution in [1.29, 1.82) is 0 Å². The molecular weight excluding hydrogens is 524 g/mol. The average molecular weight is 528 g/mol. The molecule has 0 unspecified atom stereocenters. The van der Waals surface area contributed by atoms with Crippen LogP contribution < -0.4 is 0 Å². The highest BCUT2D eigenvalue weighted by atomic mass is 35.5. The van der Waals surface area contributed by atoms with Crippen LogP contribution in [-0.4, -0.2) is 0 Å². The SMILES string of the molecule is Clc1cc2cccc3c4c(Cl)c(Cl)c(Cl)c5c(Cl)c(Cl)c(Cl)c(c(c1Cl)c23)c54. The van der Waals surface area contributed by atoms with Crippen molar-refractivity contribution in [3.8, 4) is 0 Å². The molecule has 0 saturated carbocycles. The van der Waals surface area contributed by atoms with Gasteiger partial charge in [0.25, 0.3) is 0 Å². The van der Waals surface area contributed by atoms with Gasteiger partial charge in [-0.3, -0.25) is 0 Å². The Morgan fingerprint density at radius 3 is 1.61 bits per heavy atom. The molecule has 0 amide bonds. The zero-order valence-electron chi connectivity index (χ0n) is 13.3. The number of rotatable bonds is 0. The summed E-state index contributed by atoms with van der Waals surface area (Å²) in [4.78, 5) is 0. The molecule has 28 heavy (non-hydrogen) atoms. The van der Waals surface area contributed by atoms with Crippen LogP contribution in [-0.2, 0) is 0 Å². The summed E-state index contributed by atoms with van der Waals surface area (Å²) in [7, 11) is 0. The summed E-state index contributed by atoms with van der Waals surface area (Å²) in [5, 5.41) is 7.64. The van der Waals surface area contributed by atoms with E-state index in [1.165, 1.54) is 0 Å². The van der Waals surface area contributed by atoms with Crippen LogP contribution in [0.15, 0.2) is 24.3 Å². The molecule has 0 heterocycles. The lowest BCUT2D eigenvalue weighted by Gasteiger charge is -2.21. The molecule has 5 aromatic rings. The van der Waals surface area contributed by atoms with E-state index in [2.05, 4.69) is 0 Å². The van der Waals surface area contributed by atoms with Gasteiger partial charge in [-0.15, -0.1) is 0 Å². The summed E-state index contributed by atoms with van der Waals surface area (Å²) in [5.74, 6) is 0. The van der Waals surface area contributed by atoms with Gasteiger partial charge >= 0.3 is 0 Å². The number of fused-ring (bicyclic) bond motifs is 2. The second kappa shape index (κ2) is 6.61. The highest BCUT2D eigenvalue weighted by Gasteiger charge is 2.27. The van der Waals surface area contributed by atoms with Gasteiger partial charge in [0.1, 0.15) is 0 Å².